The summed E-state index contributed by atoms with van der Waals surface area (Å²) in [5.41, 5.74) is 2.37. The first-order valence-corrected chi connectivity index (χ1v) is 7.09. The molecule has 94 valence electrons. The van der Waals surface area contributed by atoms with Crippen LogP contribution in [0.5, 0.6) is 0 Å². The summed E-state index contributed by atoms with van der Waals surface area (Å²) in [6.45, 7) is 4.41. The first-order valence-electron chi connectivity index (χ1n) is 6.71. The molecule has 0 amide bonds. The summed E-state index contributed by atoms with van der Waals surface area (Å²) in [7, 11) is 0. The fourth-order valence-electron chi connectivity index (χ4n) is 2.68. The average Bonchev–Trinajstić information content (AvgIpc) is 2.35. The molecule has 0 atom stereocenters. The molecule has 17 heavy (non-hydrogen) atoms. The molecule has 1 aromatic carbocycles. The summed E-state index contributed by atoms with van der Waals surface area (Å²) in [5.74, 6) is 0.945. The van der Waals surface area contributed by atoms with E-state index in [-0.39, 0.29) is 0 Å². The molecule has 0 aromatic heterocycles. The van der Waals surface area contributed by atoms with E-state index in [9.17, 15) is 0 Å². The Balaban J connectivity index is 1.95. The number of hydrogen-bond acceptors (Lipinski definition) is 1. The summed E-state index contributed by atoms with van der Waals surface area (Å²) >= 11 is 6.21. The fraction of sp³-hybridized carbons (Fsp3) is 0.600. The van der Waals surface area contributed by atoms with Crippen LogP contribution < -0.4 is 5.32 Å². The molecule has 1 aromatic rings. The maximum atomic E-state index is 6.21. The van der Waals surface area contributed by atoms with Gasteiger partial charge in [0, 0.05) is 6.04 Å². The first kappa shape index (κ1) is 12.8. The minimum absolute atomic E-state index is 0.608. The lowest BCUT2D eigenvalue weighted by Crippen LogP contribution is -2.26. The third kappa shape index (κ3) is 3.38. The molecule has 0 heterocycles. The van der Waals surface area contributed by atoms with Crippen LogP contribution in [-0.2, 0) is 0 Å². The highest BCUT2D eigenvalue weighted by atomic mass is 35.5. The topological polar surface area (TPSA) is 12.0 Å². The number of rotatable bonds is 3. The van der Waals surface area contributed by atoms with Crippen LogP contribution in [0.3, 0.4) is 0 Å². The lowest BCUT2D eigenvalue weighted by Gasteiger charge is -2.29. The molecule has 1 saturated carbocycles. The van der Waals surface area contributed by atoms with Crippen molar-refractivity contribution in [3.05, 3.63) is 28.8 Å². The van der Waals surface area contributed by atoms with E-state index in [4.69, 9.17) is 11.6 Å². The number of aryl methyl sites for hydroxylation is 1. The number of benzene rings is 1. The summed E-state index contributed by atoms with van der Waals surface area (Å²) in [4.78, 5) is 0. The zero-order valence-corrected chi connectivity index (χ0v) is 11.6. The first-order chi connectivity index (χ1) is 8.19. The van der Waals surface area contributed by atoms with E-state index in [2.05, 4.69) is 31.3 Å². The minimum Gasteiger partial charge on any atom is -0.381 e. The second kappa shape index (κ2) is 5.77. The third-order valence-corrected chi connectivity index (χ3v) is 4.24. The molecule has 0 aliphatic heterocycles. The van der Waals surface area contributed by atoms with Crippen LogP contribution in [0.15, 0.2) is 18.2 Å². The lowest BCUT2D eigenvalue weighted by atomic mass is 9.84. The van der Waals surface area contributed by atoms with Gasteiger partial charge in [0.05, 0.1) is 10.7 Å². The van der Waals surface area contributed by atoms with E-state index in [0.29, 0.717) is 6.04 Å². The highest BCUT2D eigenvalue weighted by Crippen LogP contribution is 2.30. The standard InChI is InChI=1S/C15H22ClN/c1-3-12-5-7-13(8-6-12)17-15-10-11(2)4-9-14(15)16/h4,9-10,12-13,17H,3,5-8H2,1-2H3. The molecule has 0 radical (unpaired) electrons. The van der Waals surface area contributed by atoms with Crippen LogP contribution >= 0.6 is 11.6 Å². The predicted octanol–water partition coefficient (Wildman–Crippen LogP) is 5.03. The number of hydrogen-bond donors (Lipinski definition) is 1. The Morgan fingerprint density at radius 2 is 1.94 bits per heavy atom. The molecule has 1 nitrogen and oxygen atoms in total. The smallest absolute Gasteiger partial charge is 0.0637 e. The van der Waals surface area contributed by atoms with Gasteiger partial charge < -0.3 is 5.32 Å². The summed E-state index contributed by atoms with van der Waals surface area (Å²) in [6.07, 6.45) is 6.61. The van der Waals surface area contributed by atoms with Crippen LogP contribution in [0.25, 0.3) is 0 Å². The monoisotopic (exact) mass is 251 g/mol. The van der Waals surface area contributed by atoms with Crippen LogP contribution in [0.2, 0.25) is 5.02 Å². The van der Waals surface area contributed by atoms with Crippen LogP contribution in [0, 0.1) is 12.8 Å². The van der Waals surface area contributed by atoms with E-state index in [1.54, 1.807) is 0 Å². The molecule has 1 aliphatic rings. The second-order valence-electron chi connectivity index (χ2n) is 5.25. The third-order valence-electron chi connectivity index (χ3n) is 3.91. The zero-order chi connectivity index (χ0) is 12.3. The highest BCUT2D eigenvalue weighted by Gasteiger charge is 2.20. The van der Waals surface area contributed by atoms with Gasteiger partial charge in [0.2, 0.25) is 0 Å². The Kier molecular flexibility index (Phi) is 4.33. The molecule has 0 unspecified atom stereocenters. The Labute approximate surface area is 110 Å². The Morgan fingerprint density at radius 3 is 2.59 bits per heavy atom. The van der Waals surface area contributed by atoms with Crippen molar-refractivity contribution < 1.29 is 0 Å². The van der Waals surface area contributed by atoms with Gasteiger partial charge >= 0.3 is 0 Å². The molecule has 1 N–H and O–H groups in total. The highest BCUT2D eigenvalue weighted by molar-refractivity contribution is 6.33. The van der Waals surface area contributed by atoms with Crippen molar-refractivity contribution >= 4 is 17.3 Å². The van der Waals surface area contributed by atoms with Gasteiger partial charge in [-0.15, -0.1) is 0 Å². The van der Waals surface area contributed by atoms with Crippen LogP contribution in [0.4, 0.5) is 5.69 Å². The van der Waals surface area contributed by atoms with Gasteiger partial charge in [0.1, 0.15) is 0 Å². The van der Waals surface area contributed by atoms with Gasteiger partial charge in [-0.05, 0) is 56.2 Å². The van der Waals surface area contributed by atoms with Crippen molar-refractivity contribution in [1.29, 1.82) is 0 Å². The van der Waals surface area contributed by atoms with E-state index in [1.807, 2.05) is 6.07 Å². The zero-order valence-electron chi connectivity index (χ0n) is 10.8. The Bertz CT molecular complexity index is 367. The maximum absolute atomic E-state index is 6.21. The summed E-state index contributed by atoms with van der Waals surface area (Å²) < 4.78 is 0. The SMILES string of the molecule is CCC1CCC(Nc2cc(C)ccc2Cl)CC1. The maximum Gasteiger partial charge on any atom is 0.0637 e. The number of anilines is 1. The molecular formula is C15H22ClN. The van der Waals surface area contributed by atoms with Crippen molar-refractivity contribution in [3.8, 4) is 0 Å². The average molecular weight is 252 g/mol. The summed E-state index contributed by atoms with van der Waals surface area (Å²) in [5, 5.41) is 4.44. The van der Waals surface area contributed by atoms with E-state index < -0.39 is 0 Å². The van der Waals surface area contributed by atoms with Crippen molar-refractivity contribution in [1.82, 2.24) is 0 Å². The van der Waals surface area contributed by atoms with E-state index in [1.165, 1.54) is 37.7 Å². The Morgan fingerprint density at radius 1 is 1.24 bits per heavy atom. The molecule has 1 aliphatic carbocycles. The molecule has 2 heteroatoms. The molecule has 2 rings (SSSR count). The quantitative estimate of drug-likeness (QED) is 0.795. The minimum atomic E-state index is 0.608. The van der Waals surface area contributed by atoms with Crippen LogP contribution in [0.1, 0.15) is 44.6 Å². The second-order valence-corrected chi connectivity index (χ2v) is 5.66. The molecular weight excluding hydrogens is 230 g/mol. The van der Waals surface area contributed by atoms with Crippen LogP contribution in [-0.4, -0.2) is 6.04 Å². The largest absolute Gasteiger partial charge is 0.381 e. The summed E-state index contributed by atoms with van der Waals surface area (Å²) in [6, 6.07) is 6.80. The van der Waals surface area contributed by atoms with Gasteiger partial charge in [-0.25, -0.2) is 0 Å². The van der Waals surface area contributed by atoms with Crippen molar-refractivity contribution in [2.24, 2.45) is 5.92 Å². The molecule has 1 fully saturated rings. The predicted molar refractivity (Wildman–Crippen MR) is 75.8 cm³/mol. The number of nitrogens with one attached hydrogen (secondary N) is 1. The van der Waals surface area contributed by atoms with E-state index >= 15 is 0 Å². The normalized spacial score (nSPS) is 24.6. The Hall–Kier alpha value is -0.690. The van der Waals surface area contributed by atoms with Crippen molar-refractivity contribution in [2.45, 2.75) is 52.0 Å². The lowest BCUT2D eigenvalue weighted by molar-refractivity contribution is 0.330. The molecule has 0 bridgehead atoms. The number of halogens is 1. The fourth-order valence-corrected chi connectivity index (χ4v) is 2.86. The van der Waals surface area contributed by atoms with Gasteiger partial charge in [-0.3, -0.25) is 0 Å². The molecule has 0 saturated heterocycles. The van der Waals surface area contributed by atoms with Crippen molar-refractivity contribution in [3.63, 3.8) is 0 Å². The van der Waals surface area contributed by atoms with Gasteiger partial charge in [0.25, 0.3) is 0 Å². The van der Waals surface area contributed by atoms with E-state index in [0.717, 1.165) is 16.6 Å². The molecule has 0 spiro atoms. The van der Waals surface area contributed by atoms with Gasteiger partial charge in [0.15, 0.2) is 0 Å². The van der Waals surface area contributed by atoms with Gasteiger partial charge in [-0.2, -0.15) is 0 Å². The van der Waals surface area contributed by atoms with Crippen molar-refractivity contribution in [2.75, 3.05) is 5.32 Å². The van der Waals surface area contributed by atoms with Gasteiger partial charge in [-0.1, -0.05) is 31.0 Å².